The third-order valence-corrected chi connectivity index (χ3v) is 6.91. The normalized spacial score (nSPS) is 30.2. The number of fused-ring (bicyclic) bond motifs is 2. The maximum absolute atomic E-state index is 12.0. The molecular weight excluding hydrogens is 276 g/mol. The number of hydrogen-bond donors (Lipinski definition) is 2. The molecule has 2 fully saturated rings. The van der Waals surface area contributed by atoms with Gasteiger partial charge in [0.05, 0.1) is 4.75 Å². The minimum Gasteiger partial charge on any atom is -0.355 e. The molecule has 0 radical (unpaired) electrons. The number of carbonyl (C=O) groups excluding carboxylic acids is 1. The summed E-state index contributed by atoms with van der Waals surface area (Å²) in [5.41, 5.74) is 0. The Kier molecular flexibility index (Phi) is 4.44. The summed E-state index contributed by atoms with van der Waals surface area (Å²) in [6.07, 6.45) is 6.32. The number of carbonyl (C=O) groups is 1. The number of piperidine rings is 1. The second-order valence-electron chi connectivity index (χ2n) is 6.99. The minimum absolute atomic E-state index is 0.0203. The molecule has 2 heterocycles. The Morgan fingerprint density at radius 2 is 1.80 bits per heavy atom. The molecule has 0 aliphatic carbocycles. The molecule has 2 rings (SSSR count). The average Bonchev–Trinajstić information content (AvgIpc) is 2.65. The summed E-state index contributed by atoms with van der Waals surface area (Å²) in [6.45, 7) is 3.48. The monoisotopic (exact) mass is 302 g/mol. The lowest BCUT2D eigenvalue weighted by atomic mass is 9.89. The molecule has 0 spiro atoms. The Hall–Kier alpha value is -0.620. The molecule has 2 N–H and O–H groups in total. The SMILES string of the molecule is CC(C)(CNC(=O)CC1CC2CCC(C1)N2)S(C)(=O)=O. The van der Waals surface area contributed by atoms with E-state index in [2.05, 4.69) is 10.6 Å². The summed E-state index contributed by atoms with van der Waals surface area (Å²) < 4.78 is 22.3. The predicted molar refractivity (Wildman–Crippen MR) is 79.2 cm³/mol. The number of amides is 1. The molecule has 1 amide bonds. The van der Waals surface area contributed by atoms with Crippen LogP contribution in [0.25, 0.3) is 0 Å². The van der Waals surface area contributed by atoms with Gasteiger partial charge >= 0.3 is 0 Å². The molecule has 2 unspecified atom stereocenters. The largest absolute Gasteiger partial charge is 0.355 e. The molecule has 5 nitrogen and oxygen atoms in total. The van der Waals surface area contributed by atoms with Crippen molar-refractivity contribution in [1.82, 2.24) is 10.6 Å². The van der Waals surface area contributed by atoms with Crippen molar-refractivity contribution in [3.8, 4) is 0 Å². The zero-order valence-electron chi connectivity index (χ0n) is 12.6. The van der Waals surface area contributed by atoms with Crippen molar-refractivity contribution < 1.29 is 13.2 Å². The molecule has 0 aromatic carbocycles. The molecule has 0 saturated carbocycles. The van der Waals surface area contributed by atoms with Crippen LogP contribution < -0.4 is 10.6 Å². The van der Waals surface area contributed by atoms with E-state index in [9.17, 15) is 13.2 Å². The first-order chi connectivity index (χ1) is 9.17. The fraction of sp³-hybridized carbons (Fsp3) is 0.929. The van der Waals surface area contributed by atoms with Crippen LogP contribution in [-0.4, -0.2) is 44.0 Å². The summed E-state index contributed by atoms with van der Waals surface area (Å²) >= 11 is 0. The van der Waals surface area contributed by atoms with Crippen molar-refractivity contribution in [3.63, 3.8) is 0 Å². The van der Waals surface area contributed by atoms with E-state index in [0.29, 0.717) is 24.4 Å². The lowest BCUT2D eigenvalue weighted by Gasteiger charge is -2.29. The fourth-order valence-electron chi connectivity index (χ4n) is 3.12. The van der Waals surface area contributed by atoms with E-state index in [0.717, 1.165) is 12.8 Å². The topological polar surface area (TPSA) is 75.3 Å². The van der Waals surface area contributed by atoms with Gasteiger partial charge in [0.15, 0.2) is 9.84 Å². The highest BCUT2D eigenvalue weighted by atomic mass is 32.2. The van der Waals surface area contributed by atoms with Crippen LogP contribution in [0.15, 0.2) is 0 Å². The highest BCUT2D eigenvalue weighted by molar-refractivity contribution is 7.92. The quantitative estimate of drug-likeness (QED) is 0.789. The molecule has 2 saturated heterocycles. The van der Waals surface area contributed by atoms with E-state index in [4.69, 9.17) is 0 Å². The van der Waals surface area contributed by atoms with Crippen LogP contribution in [0.1, 0.15) is 46.0 Å². The van der Waals surface area contributed by atoms with E-state index >= 15 is 0 Å². The van der Waals surface area contributed by atoms with Crippen LogP contribution in [-0.2, 0) is 14.6 Å². The van der Waals surface area contributed by atoms with Gasteiger partial charge in [-0.2, -0.15) is 0 Å². The third kappa shape index (κ3) is 3.73. The fourth-order valence-corrected chi connectivity index (χ4v) is 3.45. The smallest absolute Gasteiger partial charge is 0.220 e. The molecule has 2 aliphatic heterocycles. The second kappa shape index (κ2) is 5.64. The van der Waals surface area contributed by atoms with Crippen molar-refractivity contribution in [1.29, 1.82) is 0 Å². The minimum atomic E-state index is -3.16. The van der Waals surface area contributed by atoms with Crippen LogP contribution in [0.2, 0.25) is 0 Å². The Labute approximate surface area is 121 Å². The highest BCUT2D eigenvalue weighted by Crippen LogP contribution is 2.32. The van der Waals surface area contributed by atoms with Crippen molar-refractivity contribution in [2.45, 2.75) is 62.8 Å². The highest BCUT2D eigenvalue weighted by Gasteiger charge is 2.35. The average molecular weight is 302 g/mol. The summed E-state index contributed by atoms with van der Waals surface area (Å²) in [6, 6.07) is 1.16. The summed E-state index contributed by atoms with van der Waals surface area (Å²) in [5, 5.41) is 6.35. The molecule has 2 bridgehead atoms. The Balaban J connectivity index is 1.79. The predicted octanol–water partition coefficient (Wildman–Crippen LogP) is 0.847. The van der Waals surface area contributed by atoms with Crippen LogP contribution in [0.3, 0.4) is 0 Å². The van der Waals surface area contributed by atoms with Crippen LogP contribution in [0, 0.1) is 5.92 Å². The van der Waals surface area contributed by atoms with E-state index in [1.165, 1.54) is 19.1 Å². The Morgan fingerprint density at radius 3 is 2.30 bits per heavy atom. The van der Waals surface area contributed by atoms with Gasteiger partial charge in [-0.3, -0.25) is 4.79 Å². The van der Waals surface area contributed by atoms with Gasteiger partial charge < -0.3 is 10.6 Å². The van der Waals surface area contributed by atoms with Crippen LogP contribution in [0.5, 0.6) is 0 Å². The maximum atomic E-state index is 12.0. The molecule has 0 aromatic heterocycles. The first-order valence-electron chi connectivity index (χ1n) is 7.40. The summed E-state index contributed by atoms with van der Waals surface area (Å²) in [5.74, 6) is 0.420. The summed E-state index contributed by atoms with van der Waals surface area (Å²) in [4.78, 5) is 12.0. The van der Waals surface area contributed by atoms with E-state index in [1.54, 1.807) is 13.8 Å². The zero-order valence-corrected chi connectivity index (χ0v) is 13.4. The first kappa shape index (κ1) is 15.8. The number of rotatable bonds is 5. The number of sulfone groups is 1. The van der Waals surface area contributed by atoms with Gasteiger partial charge in [0.25, 0.3) is 0 Å². The Bertz CT molecular complexity index is 461. The molecular formula is C14H26N2O3S. The maximum Gasteiger partial charge on any atom is 0.220 e. The number of hydrogen-bond acceptors (Lipinski definition) is 4. The number of nitrogens with one attached hydrogen (secondary N) is 2. The van der Waals surface area contributed by atoms with Crippen molar-refractivity contribution in [2.24, 2.45) is 5.92 Å². The van der Waals surface area contributed by atoms with Crippen molar-refractivity contribution in [3.05, 3.63) is 0 Å². The van der Waals surface area contributed by atoms with Crippen LogP contribution in [0.4, 0.5) is 0 Å². The lowest BCUT2D eigenvalue weighted by Crippen LogP contribution is -2.45. The molecule has 6 heteroatoms. The first-order valence-corrected chi connectivity index (χ1v) is 9.29. The molecule has 0 aromatic rings. The zero-order chi connectivity index (χ0) is 15.0. The lowest BCUT2D eigenvalue weighted by molar-refractivity contribution is -0.122. The molecule has 116 valence electrons. The van der Waals surface area contributed by atoms with Gasteiger partial charge in [0.2, 0.25) is 5.91 Å². The van der Waals surface area contributed by atoms with Crippen molar-refractivity contribution >= 4 is 15.7 Å². The Morgan fingerprint density at radius 1 is 1.25 bits per heavy atom. The van der Waals surface area contributed by atoms with Gasteiger partial charge in [0, 0.05) is 31.3 Å². The molecule has 20 heavy (non-hydrogen) atoms. The van der Waals surface area contributed by atoms with Crippen molar-refractivity contribution in [2.75, 3.05) is 12.8 Å². The van der Waals surface area contributed by atoms with Gasteiger partial charge in [-0.05, 0) is 45.4 Å². The standard InChI is InChI=1S/C14H26N2O3S/c1-14(2,20(3,18)19)9-15-13(17)8-10-6-11-4-5-12(7-10)16-11/h10-12,16H,4-9H2,1-3H3,(H,15,17). The van der Waals surface area contributed by atoms with Gasteiger partial charge in [0.1, 0.15) is 0 Å². The van der Waals surface area contributed by atoms with E-state index < -0.39 is 14.6 Å². The second-order valence-corrected chi connectivity index (χ2v) is 9.64. The summed E-state index contributed by atoms with van der Waals surface area (Å²) in [7, 11) is -3.16. The molecule has 2 aliphatic rings. The van der Waals surface area contributed by atoms with E-state index in [-0.39, 0.29) is 12.5 Å². The third-order valence-electron chi connectivity index (χ3n) is 4.76. The van der Waals surface area contributed by atoms with E-state index in [1.807, 2.05) is 0 Å². The van der Waals surface area contributed by atoms with Gasteiger partial charge in [-0.25, -0.2) is 8.42 Å². The van der Waals surface area contributed by atoms with Gasteiger partial charge in [-0.1, -0.05) is 0 Å². The molecule has 2 atom stereocenters. The van der Waals surface area contributed by atoms with Crippen LogP contribution >= 0.6 is 0 Å². The van der Waals surface area contributed by atoms with Gasteiger partial charge in [-0.15, -0.1) is 0 Å².